The van der Waals surface area contributed by atoms with Gasteiger partial charge in [-0.3, -0.25) is 9.88 Å². The number of aromatic nitrogens is 3. The fourth-order valence-corrected chi connectivity index (χ4v) is 3.02. The number of benzene rings is 1. The van der Waals surface area contributed by atoms with Crippen molar-refractivity contribution in [3.63, 3.8) is 0 Å². The molecular weight excluding hydrogens is 288 g/mol. The van der Waals surface area contributed by atoms with Gasteiger partial charge in [0.2, 0.25) is 11.8 Å². The van der Waals surface area contributed by atoms with Crippen LogP contribution in [0.25, 0.3) is 11.5 Å². The Morgan fingerprint density at radius 2 is 2.00 bits per heavy atom. The van der Waals surface area contributed by atoms with Crippen LogP contribution in [0.3, 0.4) is 0 Å². The molecule has 4 rings (SSSR count). The van der Waals surface area contributed by atoms with E-state index in [0.29, 0.717) is 11.8 Å². The van der Waals surface area contributed by atoms with E-state index in [1.165, 1.54) is 5.56 Å². The third-order valence-corrected chi connectivity index (χ3v) is 4.21. The maximum atomic E-state index is 5.89. The first-order chi connectivity index (χ1) is 11.4. The topological polar surface area (TPSA) is 55.1 Å². The summed E-state index contributed by atoms with van der Waals surface area (Å²) in [6, 6.07) is 14.0. The van der Waals surface area contributed by atoms with Crippen molar-refractivity contribution in [1.82, 2.24) is 20.1 Å². The van der Waals surface area contributed by atoms with Crippen molar-refractivity contribution >= 4 is 0 Å². The van der Waals surface area contributed by atoms with Gasteiger partial charge in [-0.25, -0.2) is 0 Å². The number of hydrogen-bond donors (Lipinski definition) is 0. The maximum Gasteiger partial charge on any atom is 0.247 e. The first-order valence-electron chi connectivity index (χ1n) is 7.88. The molecule has 0 amide bonds. The van der Waals surface area contributed by atoms with Gasteiger partial charge < -0.3 is 4.42 Å². The highest BCUT2D eigenvalue weighted by Gasteiger charge is 2.28. The van der Waals surface area contributed by atoms with Crippen LogP contribution in [0.4, 0.5) is 0 Å². The number of nitrogens with zero attached hydrogens (tertiary/aromatic N) is 4. The van der Waals surface area contributed by atoms with Crippen molar-refractivity contribution in [1.29, 1.82) is 0 Å². The highest BCUT2D eigenvalue weighted by atomic mass is 16.4. The number of rotatable bonds is 4. The molecule has 5 nitrogen and oxygen atoms in total. The molecule has 2 aromatic heterocycles. The normalized spacial score (nSPS) is 18.3. The highest BCUT2D eigenvalue weighted by molar-refractivity contribution is 5.51. The van der Waals surface area contributed by atoms with E-state index in [0.717, 1.165) is 37.5 Å². The predicted octanol–water partition coefficient (Wildman–Crippen LogP) is 3.12. The van der Waals surface area contributed by atoms with E-state index < -0.39 is 0 Å². The second kappa shape index (κ2) is 6.30. The van der Waals surface area contributed by atoms with E-state index in [4.69, 9.17) is 4.42 Å². The molecule has 1 aliphatic heterocycles. The van der Waals surface area contributed by atoms with Crippen molar-refractivity contribution in [2.24, 2.45) is 0 Å². The molecule has 0 saturated carbocycles. The zero-order valence-corrected chi connectivity index (χ0v) is 12.8. The van der Waals surface area contributed by atoms with Gasteiger partial charge in [0.1, 0.15) is 0 Å². The summed E-state index contributed by atoms with van der Waals surface area (Å²) < 4.78 is 5.89. The Bertz CT molecular complexity index is 757. The summed E-state index contributed by atoms with van der Waals surface area (Å²) in [6.45, 7) is 2.91. The Morgan fingerprint density at radius 3 is 2.83 bits per heavy atom. The molecule has 3 heterocycles. The second-order valence-electron chi connectivity index (χ2n) is 5.89. The lowest BCUT2D eigenvalue weighted by molar-refractivity contribution is 0.320. The van der Waals surface area contributed by atoms with Crippen molar-refractivity contribution in [3.8, 4) is 11.5 Å². The van der Waals surface area contributed by atoms with E-state index in [-0.39, 0.29) is 0 Å². The molecule has 23 heavy (non-hydrogen) atoms. The Kier molecular flexibility index (Phi) is 3.86. The number of hydrogen-bond acceptors (Lipinski definition) is 5. The molecule has 1 fully saturated rings. The molecule has 0 radical (unpaired) electrons. The quantitative estimate of drug-likeness (QED) is 0.741. The monoisotopic (exact) mass is 306 g/mol. The first-order valence-corrected chi connectivity index (χ1v) is 7.88. The molecule has 3 aromatic rings. The lowest BCUT2D eigenvalue weighted by atomic mass is 10.1. The molecule has 1 atom stereocenters. The van der Waals surface area contributed by atoms with Crippen LogP contribution in [-0.2, 0) is 6.54 Å². The fraction of sp³-hybridized carbons (Fsp3) is 0.278. The Labute approximate surface area is 135 Å². The lowest BCUT2D eigenvalue weighted by Gasteiger charge is -2.14. The standard InChI is InChI=1S/C18H18N4O/c1-2-6-15(7-3-1)17-20-21-18(23-17)16-8-10-22(13-16)12-14-5-4-9-19-11-14/h1-7,9,11,16H,8,10,12-13H2. The average molecular weight is 306 g/mol. The van der Waals surface area contributed by atoms with Crippen molar-refractivity contribution < 1.29 is 4.42 Å². The van der Waals surface area contributed by atoms with Crippen LogP contribution in [0, 0.1) is 0 Å². The molecule has 116 valence electrons. The number of pyridine rings is 1. The summed E-state index contributed by atoms with van der Waals surface area (Å²) in [5.41, 5.74) is 2.21. The second-order valence-corrected chi connectivity index (χ2v) is 5.89. The van der Waals surface area contributed by atoms with E-state index >= 15 is 0 Å². The number of likely N-dealkylation sites (tertiary alicyclic amines) is 1. The van der Waals surface area contributed by atoms with Crippen LogP contribution < -0.4 is 0 Å². The van der Waals surface area contributed by atoms with E-state index in [1.54, 1.807) is 6.20 Å². The molecule has 1 unspecified atom stereocenters. The molecule has 1 aliphatic rings. The highest BCUT2D eigenvalue weighted by Crippen LogP contribution is 2.29. The molecule has 0 spiro atoms. The van der Waals surface area contributed by atoms with Gasteiger partial charge in [-0.2, -0.15) is 0 Å². The summed E-state index contributed by atoms with van der Waals surface area (Å²) in [6.07, 6.45) is 4.78. The Hall–Kier alpha value is -2.53. The van der Waals surface area contributed by atoms with Crippen LogP contribution in [0.2, 0.25) is 0 Å². The fourth-order valence-electron chi connectivity index (χ4n) is 3.02. The van der Waals surface area contributed by atoms with Crippen LogP contribution >= 0.6 is 0 Å². The van der Waals surface area contributed by atoms with Gasteiger partial charge >= 0.3 is 0 Å². The third-order valence-electron chi connectivity index (χ3n) is 4.21. The van der Waals surface area contributed by atoms with Crippen LogP contribution in [-0.4, -0.2) is 33.2 Å². The zero-order chi connectivity index (χ0) is 15.5. The van der Waals surface area contributed by atoms with Crippen molar-refractivity contribution in [2.75, 3.05) is 13.1 Å². The first kappa shape index (κ1) is 14.1. The minimum Gasteiger partial charge on any atom is -0.420 e. The molecule has 1 aromatic carbocycles. The molecule has 0 bridgehead atoms. The van der Waals surface area contributed by atoms with Gasteiger partial charge in [-0.15, -0.1) is 10.2 Å². The summed E-state index contributed by atoms with van der Waals surface area (Å²) in [5, 5.41) is 8.46. The van der Waals surface area contributed by atoms with Gasteiger partial charge in [0, 0.05) is 31.0 Å². The summed E-state index contributed by atoms with van der Waals surface area (Å²) in [4.78, 5) is 6.58. The van der Waals surface area contributed by atoms with Gasteiger partial charge in [-0.1, -0.05) is 24.3 Å². The van der Waals surface area contributed by atoms with Gasteiger partial charge in [0.15, 0.2) is 0 Å². The maximum absolute atomic E-state index is 5.89. The molecular formula is C18H18N4O. The summed E-state index contributed by atoms with van der Waals surface area (Å²) in [5.74, 6) is 1.67. The zero-order valence-electron chi connectivity index (χ0n) is 12.8. The largest absolute Gasteiger partial charge is 0.420 e. The SMILES string of the molecule is c1ccc(-c2nnc(C3CCN(Cc4cccnc4)C3)o2)cc1. The van der Waals surface area contributed by atoms with E-state index in [9.17, 15) is 0 Å². The smallest absolute Gasteiger partial charge is 0.247 e. The summed E-state index contributed by atoms with van der Waals surface area (Å²) >= 11 is 0. The molecule has 1 saturated heterocycles. The molecule has 0 N–H and O–H groups in total. The minimum absolute atomic E-state index is 0.316. The van der Waals surface area contributed by atoms with Crippen LogP contribution in [0.5, 0.6) is 0 Å². The molecule has 5 heteroatoms. The average Bonchev–Trinajstić information content (AvgIpc) is 3.26. The Morgan fingerprint density at radius 1 is 1.09 bits per heavy atom. The van der Waals surface area contributed by atoms with Crippen LogP contribution in [0.15, 0.2) is 59.3 Å². The van der Waals surface area contributed by atoms with Gasteiger partial charge in [0.25, 0.3) is 0 Å². The third kappa shape index (κ3) is 3.14. The van der Waals surface area contributed by atoms with E-state index in [1.807, 2.05) is 42.6 Å². The van der Waals surface area contributed by atoms with Gasteiger partial charge in [-0.05, 0) is 36.7 Å². The minimum atomic E-state index is 0.316. The van der Waals surface area contributed by atoms with Crippen molar-refractivity contribution in [2.45, 2.75) is 18.9 Å². The summed E-state index contributed by atoms with van der Waals surface area (Å²) in [7, 11) is 0. The van der Waals surface area contributed by atoms with Crippen molar-refractivity contribution in [3.05, 3.63) is 66.3 Å². The Balaban J connectivity index is 1.43. The van der Waals surface area contributed by atoms with Crippen LogP contribution in [0.1, 0.15) is 23.8 Å². The molecule has 0 aliphatic carbocycles. The lowest BCUT2D eigenvalue weighted by Crippen LogP contribution is -2.19. The van der Waals surface area contributed by atoms with Gasteiger partial charge in [0.05, 0.1) is 5.92 Å². The van der Waals surface area contributed by atoms with E-state index in [2.05, 4.69) is 26.1 Å². The predicted molar refractivity (Wildman–Crippen MR) is 86.6 cm³/mol.